The maximum atomic E-state index is 14.1. The highest BCUT2D eigenvalue weighted by Crippen LogP contribution is 2.39. The molecule has 4 heterocycles. The zero-order valence-electron chi connectivity index (χ0n) is 26.2. The van der Waals surface area contributed by atoms with Gasteiger partial charge >= 0.3 is 0 Å². The number of methoxy groups -OCH3 is 1. The van der Waals surface area contributed by atoms with Crippen molar-refractivity contribution in [2.45, 2.75) is 18.9 Å². The molecule has 0 unspecified atom stereocenters. The minimum absolute atomic E-state index is 0.0142. The van der Waals surface area contributed by atoms with E-state index in [2.05, 4.69) is 32.0 Å². The molecule has 6 rings (SSSR count). The van der Waals surface area contributed by atoms with E-state index in [0.717, 1.165) is 53.4 Å². The van der Waals surface area contributed by atoms with Crippen LogP contribution in [0, 0.1) is 11.6 Å². The summed E-state index contributed by atoms with van der Waals surface area (Å²) in [4.78, 5) is 45.1. The molecule has 0 bridgehead atoms. The van der Waals surface area contributed by atoms with E-state index in [1.807, 2.05) is 6.07 Å². The second kappa shape index (κ2) is 14.3. The number of piperazine rings is 1. The normalized spacial score (nSPS) is 14.4. The summed E-state index contributed by atoms with van der Waals surface area (Å²) in [6, 6.07) is 9.20. The fraction of sp³-hybridized carbons (Fsp3) is 0.303. The number of benzene rings is 1. The molecule has 12 nitrogen and oxygen atoms in total. The number of amides is 2. The highest BCUT2D eigenvalue weighted by atomic mass is 32.1. The molecule has 2 aliphatic rings. The number of para-hydroxylation sites is 1. The molecule has 1 aliphatic carbocycles. The Balaban J connectivity index is 1.26. The lowest BCUT2D eigenvalue weighted by atomic mass is 10.1. The zero-order chi connectivity index (χ0) is 33.8. The quantitative estimate of drug-likeness (QED) is 0.182. The maximum absolute atomic E-state index is 14.1. The van der Waals surface area contributed by atoms with Crippen LogP contribution in [0.25, 0.3) is 11.3 Å². The minimum atomic E-state index is -0.887. The lowest BCUT2D eigenvalue weighted by Gasteiger charge is -2.37. The van der Waals surface area contributed by atoms with E-state index in [4.69, 9.17) is 14.7 Å². The largest absolute Gasteiger partial charge is 0.493 e. The van der Waals surface area contributed by atoms with Crippen molar-refractivity contribution >= 4 is 51.3 Å². The van der Waals surface area contributed by atoms with Gasteiger partial charge in [0.05, 0.1) is 31.3 Å². The number of aromatic nitrogens is 3. The molecule has 3 N–H and O–H groups in total. The van der Waals surface area contributed by atoms with Gasteiger partial charge in [0.1, 0.15) is 22.2 Å². The number of rotatable bonds is 12. The van der Waals surface area contributed by atoms with E-state index in [-0.39, 0.29) is 17.4 Å². The summed E-state index contributed by atoms with van der Waals surface area (Å²) < 4.78 is 33.7. The van der Waals surface area contributed by atoms with Gasteiger partial charge in [0.15, 0.2) is 22.5 Å². The first-order chi connectivity index (χ1) is 23.3. The van der Waals surface area contributed by atoms with Crippen LogP contribution >= 0.6 is 11.3 Å². The molecular formula is C33H34F2N8O4S. The molecule has 15 heteroatoms. The van der Waals surface area contributed by atoms with Crippen LogP contribution in [0.5, 0.6) is 5.75 Å². The highest BCUT2D eigenvalue weighted by molar-refractivity contribution is 7.17. The molecule has 1 aromatic carbocycles. The monoisotopic (exact) mass is 676 g/mol. The van der Waals surface area contributed by atoms with Gasteiger partial charge in [0.2, 0.25) is 5.91 Å². The Hall–Kier alpha value is -5.15. The molecule has 0 atom stereocenters. The number of ether oxygens (including phenoxy) is 1. The van der Waals surface area contributed by atoms with Crippen LogP contribution in [-0.2, 0) is 4.79 Å². The SMILES string of the molecule is C=CC(=O)N1CCN(c2ncc(-c3ccc(OC)c(Nc4ncc(C(=O)Nc5c(F)cccc5F)s4)n3)cc2N(CCO)C2CC2)CC1. The van der Waals surface area contributed by atoms with Crippen LogP contribution < -0.4 is 25.2 Å². The smallest absolute Gasteiger partial charge is 0.267 e. The number of carbonyl (C=O) groups is 2. The fourth-order valence-electron chi connectivity index (χ4n) is 5.49. The average molecular weight is 677 g/mol. The zero-order valence-corrected chi connectivity index (χ0v) is 27.0. The molecule has 1 saturated carbocycles. The van der Waals surface area contributed by atoms with Crippen LogP contribution in [0.2, 0.25) is 0 Å². The molecule has 250 valence electrons. The molecule has 2 fully saturated rings. The first kappa shape index (κ1) is 32.8. The number of aliphatic hydroxyl groups is 1. The van der Waals surface area contributed by atoms with Gasteiger partial charge in [-0.2, -0.15) is 0 Å². The Bertz CT molecular complexity index is 1810. The van der Waals surface area contributed by atoms with Crippen LogP contribution in [-0.4, -0.2) is 89.3 Å². The third kappa shape index (κ3) is 7.06. The molecule has 1 saturated heterocycles. The summed E-state index contributed by atoms with van der Waals surface area (Å²) in [6.07, 6.45) is 6.41. The number of hydrogen-bond donors (Lipinski definition) is 3. The number of carbonyl (C=O) groups excluding carboxylic acids is 2. The van der Waals surface area contributed by atoms with Crippen molar-refractivity contribution in [1.29, 1.82) is 0 Å². The Morgan fingerprint density at radius 1 is 1.12 bits per heavy atom. The van der Waals surface area contributed by atoms with Gasteiger partial charge < -0.3 is 35.2 Å². The predicted octanol–water partition coefficient (Wildman–Crippen LogP) is 4.68. The Morgan fingerprint density at radius 2 is 1.88 bits per heavy atom. The van der Waals surface area contributed by atoms with Crippen molar-refractivity contribution in [2.24, 2.45) is 0 Å². The second-order valence-corrected chi connectivity index (χ2v) is 12.2. The van der Waals surface area contributed by atoms with Gasteiger partial charge in [-0.15, -0.1) is 0 Å². The standard InChI is InChI=1S/C33H34F2N8O4S/c1-3-28(45)41-11-13-42(14-12-41)31-25(43(15-16-44)21-7-8-21)17-20(18-36-31)24-9-10-26(47-2)30(38-24)40-33-37-19-27(48-33)32(46)39-29-22(34)5-4-6-23(29)35/h3-6,9-10,17-19,21,44H,1,7-8,11-16H2,2H3,(H,39,46)(H,37,38,40). The van der Waals surface area contributed by atoms with Crippen molar-refractivity contribution in [1.82, 2.24) is 19.9 Å². The van der Waals surface area contributed by atoms with Gasteiger partial charge in [-0.05, 0) is 49.2 Å². The van der Waals surface area contributed by atoms with Crippen LogP contribution in [0.3, 0.4) is 0 Å². The number of thiazole rings is 1. The van der Waals surface area contributed by atoms with Gasteiger partial charge in [-0.25, -0.2) is 23.7 Å². The Morgan fingerprint density at radius 3 is 2.54 bits per heavy atom. The molecular weight excluding hydrogens is 642 g/mol. The summed E-state index contributed by atoms with van der Waals surface area (Å²) in [5.74, 6) is -1.05. The van der Waals surface area contributed by atoms with E-state index >= 15 is 0 Å². The van der Waals surface area contributed by atoms with Gasteiger partial charge in [-0.1, -0.05) is 24.0 Å². The number of hydrogen-bond acceptors (Lipinski definition) is 11. The van der Waals surface area contributed by atoms with Crippen molar-refractivity contribution < 1.29 is 28.2 Å². The van der Waals surface area contributed by atoms with Crippen LogP contribution in [0.15, 0.2) is 61.4 Å². The number of halogens is 2. The summed E-state index contributed by atoms with van der Waals surface area (Å²) >= 11 is 0.978. The third-order valence-corrected chi connectivity index (χ3v) is 8.99. The number of nitrogens with zero attached hydrogens (tertiary/aromatic N) is 6. The minimum Gasteiger partial charge on any atom is -0.493 e. The van der Waals surface area contributed by atoms with E-state index in [1.54, 1.807) is 23.2 Å². The van der Waals surface area contributed by atoms with Gasteiger partial charge in [0.25, 0.3) is 5.91 Å². The lowest BCUT2D eigenvalue weighted by molar-refractivity contribution is -0.126. The first-order valence-electron chi connectivity index (χ1n) is 15.4. The maximum Gasteiger partial charge on any atom is 0.267 e. The van der Waals surface area contributed by atoms with Gasteiger partial charge in [0, 0.05) is 50.5 Å². The lowest BCUT2D eigenvalue weighted by Crippen LogP contribution is -2.49. The molecule has 1 aliphatic heterocycles. The summed E-state index contributed by atoms with van der Waals surface area (Å²) in [5, 5.41) is 15.6. The molecule has 3 aromatic heterocycles. The number of pyridine rings is 2. The van der Waals surface area contributed by atoms with E-state index in [9.17, 15) is 23.5 Å². The number of aliphatic hydroxyl groups excluding tert-OH is 1. The first-order valence-corrected chi connectivity index (χ1v) is 16.2. The average Bonchev–Trinajstić information content (AvgIpc) is 3.85. The molecule has 0 spiro atoms. The van der Waals surface area contributed by atoms with Crippen LogP contribution in [0.4, 0.5) is 36.9 Å². The van der Waals surface area contributed by atoms with E-state index in [0.29, 0.717) is 61.2 Å². The molecule has 2 amide bonds. The van der Waals surface area contributed by atoms with E-state index < -0.39 is 23.2 Å². The van der Waals surface area contributed by atoms with Crippen molar-refractivity contribution in [3.05, 3.63) is 78.0 Å². The molecule has 0 radical (unpaired) electrons. The topological polar surface area (TPSA) is 136 Å². The van der Waals surface area contributed by atoms with Crippen molar-refractivity contribution in [3.63, 3.8) is 0 Å². The molecule has 48 heavy (non-hydrogen) atoms. The Labute approximate surface area is 279 Å². The van der Waals surface area contributed by atoms with Gasteiger partial charge in [-0.3, -0.25) is 9.59 Å². The summed E-state index contributed by atoms with van der Waals surface area (Å²) in [6.45, 7) is 6.34. The summed E-state index contributed by atoms with van der Waals surface area (Å²) in [7, 11) is 1.50. The summed E-state index contributed by atoms with van der Waals surface area (Å²) in [5.41, 5.74) is 1.66. The highest BCUT2D eigenvalue weighted by Gasteiger charge is 2.33. The van der Waals surface area contributed by atoms with E-state index in [1.165, 1.54) is 25.4 Å². The van der Waals surface area contributed by atoms with Crippen molar-refractivity contribution in [3.8, 4) is 17.0 Å². The predicted molar refractivity (Wildman–Crippen MR) is 180 cm³/mol. The third-order valence-electron chi connectivity index (χ3n) is 8.08. The number of nitrogens with one attached hydrogen (secondary N) is 2. The second-order valence-electron chi connectivity index (χ2n) is 11.2. The van der Waals surface area contributed by atoms with Crippen molar-refractivity contribution in [2.75, 3.05) is 66.9 Å². The molecule has 4 aromatic rings. The number of anilines is 5. The Kier molecular flexibility index (Phi) is 9.77. The fourth-order valence-corrected chi connectivity index (χ4v) is 6.20. The van der Waals surface area contributed by atoms with Crippen LogP contribution in [0.1, 0.15) is 22.5 Å².